The van der Waals surface area contributed by atoms with Crippen LogP contribution in [0.25, 0.3) is 21.9 Å². The quantitative estimate of drug-likeness (QED) is 0.509. The van der Waals surface area contributed by atoms with E-state index in [-0.39, 0.29) is 6.54 Å². The van der Waals surface area contributed by atoms with Crippen LogP contribution in [0.4, 0.5) is 11.4 Å². The van der Waals surface area contributed by atoms with E-state index in [9.17, 15) is 13.2 Å². The number of amides is 1. The molecule has 0 saturated heterocycles. The van der Waals surface area contributed by atoms with Crippen LogP contribution in [0, 0.1) is 13.8 Å². The Morgan fingerprint density at radius 2 is 1.70 bits per heavy atom. The van der Waals surface area contributed by atoms with E-state index in [0.29, 0.717) is 17.0 Å². The van der Waals surface area contributed by atoms with Crippen LogP contribution in [0.2, 0.25) is 0 Å². The maximum atomic E-state index is 12.7. The highest BCUT2D eigenvalue weighted by Gasteiger charge is 2.22. The third-order valence-electron chi connectivity index (χ3n) is 4.98. The lowest BCUT2D eigenvalue weighted by Gasteiger charge is -2.24. The van der Waals surface area contributed by atoms with Gasteiger partial charge >= 0.3 is 0 Å². The van der Waals surface area contributed by atoms with Gasteiger partial charge in [0.15, 0.2) is 0 Å². The maximum Gasteiger partial charge on any atom is 0.245 e. The average Bonchev–Trinajstić information content (AvgIpc) is 3.05. The van der Waals surface area contributed by atoms with Crippen molar-refractivity contribution in [2.24, 2.45) is 0 Å². The Hall–Kier alpha value is -3.32. The third-order valence-corrected chi connectivity index (χ3v) is 6.11. The molecule has 0 bridgehead atoms. The summed E-state index contributed by atoms with van der Waals surface area (Å²) in [4.78, 5) is 12.7. The molecule has 154 valence electrons. The lowest BCUT2D eigenvalue weighted by molar-refractivity contribution is -0.114. The Morgan fingerprint density at radius 1 is 0.967 bits per heavy atom. The minimum Gasteiger partial charge on any atom is -0.456 e. The zero-order valence-corrected chi connectivity index (χ0v) is 17.8. The molecule has 0 radical (unpaired) electrons. The van der Waals surface area contributed by atoms with E-state index in [2.05, 4.69) is 5.32 Å². The van der Waals surface area contributed by atoms with Gasteiger partial charge in [-0.25, -0.2) is 8.42 Å². The summed E-state index contributed by atoms with van der Waals surface area (Å²) >= 11 is 0. The van der Waals surface area contributed by atoms with Crippen molar-refractivity contribution in [1.29, 1.82) is 0 Å². The van der Waals surface area contributed by atoms with Crippen molar-refractivity contribution < 1.29 is 17.6 Å². The number of hydrogen-bond donors (Lipinski definition) is 1. The Morgan fingerprint density at radius 3 is 2.47 bits per heavy atom. The smallest absolute Gasteiger partial charge is 0.245 e. The fourth-order valence-corrected chi connectivity index (χ4v) is 4.41. The number of rotatable bonds is 5. The molecule has 1 aromatic heterocycles. The lowest BCUT2D eigenvalue weighted by atomic mass is 10.1. The van der Waals surface area contributed by atoms with Crippen molar-refractivity contribution in [2.45, 2.75) is 13.8 Å². The van der Waals surface area contributed by atoms with Gasteiger partial charge in [-0.3, -0.25) is 9.10 Å². The number of hydrogen-bond acceptors (Lipinski definition) is 4. The highest BCUT2D eigenvalue weighted by molar-refractivity contribution is 7.92. The molecule has 30 heavy (non-hydrogen) atoms. The zero-order chi connectivity index (χ0) is 21.5. The number of para-hydroxylation sites is 1. The molecule has 0 aliphatic rings. The molecule has 3 aromatic carbocycles. The first kappa shape index (κ1) is 20.0. The second-order valence-electron chi connectivity index (χ2n) is 7.42. The molecule has 1 N–H and O–H groups in total. The van der Waals surface area contributed by atoms with Crippen molar-refractivity contribution >= 4 is 49.2 Å². The second kappa shape index (κ2) is 7.50. The van der Waals surface area contributed by atoms with Gasteiger partial charge < -0.3 is 9.73 Å². The number of furan rings is 1. The number of fused-ring (bicyclic) bond motifs is 3. The van der Waals surface area contributed by atoms with Gasteiger partial charge in [-0.05, 0) is 49.2 Å². The monoisotopic (exact) mass is 422 g/mol. The van der Waals surface area contributed by atoms with E-state index >= 15 is 0 Å². The number of nitrogens with zero attached hydrogens (tertiary/aromatic N) is 1. The van der Waals surface area contributed by atoms with Crippen molar-refractivity contribution in [3.63, 3.8) is 0 Å². The van der Waals surface area contributed by atoms with Gasteiger partial charge in [-0.1, -0.05) is 30.3 Å². The predicted octanol–water partition coefficient (Wildman–Crippen LogP) is 4.61. The van der Waals surface area contributed by atoms with Crippen LogP contribution < -0.4 is 9.62 Å². The van der Waals surface area contributed by atoms with Gasteiger partial charge in [0.2, 0.25) is 15.9 Å². The molecule has 4 aromatic rings. The number of nitrogens with one attached hydrogen (secondary N) is 1. The van der Waals surface area contributed by atoms with Crippen LogP contribution in [-0.4, -0.2) is 27.1 Å². The highest BCUT2D eigenvalue weighted by Crippen LogP contribution is 2.30. The van der Waals surface area contributed by atoms with Crippen molar-refractivity contribution in [3.05, 3.63) is 71.8 Å². The van der Waals surface area contributed by atoms with Crippen LogP contribution in [-0.2, 0) is 14.8 Å². The van der Waals surface area contributed by atoms with Crippen molar-refractivity contribution in [3.8, 4) is 0 Å². The van der Waals surface area contributed by atoms with Gasteiger partial charge in [0.25, 0.3) is 0 Å². The molecule has 0 aliphatic heterocycles. The van der Waals surface area contributed by atoms with Gasteiger partial charge in [0, 0.05) is 22.5 Å². The van der Waals surface area contributed by atoms with Gasteiger partial charge in [-0.15, -0.1) is 0 Å². The molecule has 7 heteroatoms. The molecule has 1 heterocycles. The summed E-state index contributed by atoms with van der Waals surface area (Å²) in [6, 6.07) is 18.6. The molecule has 1 amide bonds. The Balaban J connectivity index is 1.60. The molecule has 0 unspecified atom stereocenters. The lowest BCUT2D eigenvalue weighted by Crippen LogP contribution is -2.37. The first-order chi connectivity index (χ1) is 14.2. The van der Waals surface area contributed by atoms with Crippen LogP contribution in [0.3, 0.4) is 0 Å². The fraction of sp³-hybridized carbons (Fsp3) is 0.174. The molecule has 0 atom stereocenters. The van der Waals surface area contributed by atoms with E-state index in [0.717, 1.165) is 38.0 Å². The Bertz CT molecular complexity index is 1370. The van der Waals surface area contributed by atoms with Gasteiger partial charge in [0.05, 0.1) is 11.9 Å². The minimum atomic E-state index is -3.64. The first-order valence-corrected chi connectivity index (χ1v) is 11.3. The SMILES string of the molecule is Cc1ccc(C)c(N(CC(=O)Nc2ccc3c(c2)oc2ccccc23)S(C)(=O)=O)c1. The van der Waals surface area contributed by atoms with E-state index in [1.165, 1.54) is 0 Å². The van der Waals surface area contributed by atoms with Gasteiger partial charge in [0.1, 0.15) is 17.7 Å². The van der Waals surface area contributed by atoms with Crippen LogP contribution in [0.1, 0.15) is 11.1 Å². The van der Waals surface area contributed by atoms with Crippen LogP contribution in [0.15, 0.2) is 65.1 Å². The summed E-state index contributed by atoms with van der Waals surface area (Å²) in [5.74, 6) is -0.434. The summed E-state index contributed by atoms with van der Waals surface area (Å²) in [6.07, 6.45) is 1.10. The van der Waals surface area contributed by atoms with Crippen LogP contribution in [0.5, 0.6) is 0 Å². The number of carbonyl (C=O) groups is 1. The number of sulfonamides is 1. The molecule has 6 nitrogen and oxygen atoms in total. The topological polar surface area (TPSA) is 79.6 Å². The molecular formula is C23H22N2O4S. The summed E-state index contributed by atoms with van der Waals surface area (Å²) in [5, 5.41) is 4.74. The predicted molar refractivity (Wildman–Crippen MR) is 120 cm³/mol. The maximum absolute atomic E-state index is 12.7. The molecule has 0 saturated carbocycles. The van der Waals surface area contributed by atoms with Crippen LogP contribution >= 0.6 is 0 Å². The first-order valence-electron chi connectivity index (χ1n) is 9.48. The van der Waals surface area contributed by atoms with E-state index in [1.54, 1.807) is 18.2 Å². The molecule has 4 rings (SSSR count). The summed E-state index contributed by atoms with van der Waals surface area (Å²) in [7, 11) is -3.64. The summed E-state index contributed by atoms with van der Waals surface area (Å²) in [6.45, 7) is 3.38. The Kier molecular flexibility index (Phi) is 4.99. The number of aryl methyl sites for hydroxylation is 2. The standard InChI is InChI=1S/C23H22N2O4S/c1-15-8-9-16(2)20(12-15)25(30(3,27)28)14-23(26)24-17-10-11-19-18-6-4-5-7-21(18)29-22(19)13-17/h4-13H,14H2,1-3H3,(H,24,26). The molecule has 0 fully saturated rings. The molecule has 0 aliphatic carbocycles. The van der Waals surface area contributed by atoms with E-state index < -0.39 is 15.9 Å². The second-order valence-corrected chi connectivity index (χ2v) is 9.32. The highest BCUT2D eigenvalue weighted by atomic mass is 32.2. The molecule has 0 spiro atoms. The number of carbonyl (C=O) groups excluding carboxylic acids is 1. The summed E-state index contributed by atoms with van der Waals surface area (Å²) < 4.78 is 31.8. The molecular weight excluding hydrogens is 400 g/mol. The minimum absolute atomic E-state index is 0.318. The van der Waals surface area contributed by atoms with Crippen molar-refractivity contribution in [1.82, 2.24) is 0 Å². The third kappa shape index (κ3) is 3.89. The van der Waals surface area contributed by atoms with Gasteiger partial charge in [-0.2, -0.15) is 0 Å². The van der Waals surface area contributed by atoms with Crippen molar-refractivity contribution in [2.75, 3.05) is 22.4 Å². The summed E-state index contributed by atoms with van der Waals surface area (Å²) in [5.41, 5.74) is 4.17. The number of benzene rings is 3. The van der Waals surface area contributed by atoms with E-state index in [1.807, 2.05) is 56.3 Å². The zero-order valence-electron chi connectivity index (χ0n) is 17.0. The normalized spacial score (nSPS) is 11.7. The largest absolute Gasteiger partial charge is 0.456 e. The average molecular weight is 423 g/mol. The Labute approximate surface area is 175 Å². The van der Waals surface area contributed by atoms with E-state index in [4.69, 9.17) is 4.42 Å². The number of anilines is 2. The fourth-order valence-electron chi connectivity index (χ4n) is 3.50.